The van der Waals surface area contributed by atoms with Gasteiger partial charge in [-0.15, -0.1) is 0 Å². The molecule has 0 fully saturated rings. The molecule has 4 aromatic rings. The number of rotatable bonds is 6. The van der Waals surface area contributed by atoms with Crippen LogP contribution in [0, 0.1) is 69.2 Å². The molecule has 0 N–H and O–H groups in total. The summed E-state index contributed by atoms with van der Waals surface area (Å²) >= 11 is 0. The second kappa shape index (κ2) is 11.1. The van der Waals surface area contributed by atoms with Crippen LogP contribution in [0.25, 0.3) is 11.1 Å². The molecule has 0 radical (unpaired) electrons. The Morgan fingerprint density at radius 2 is 0.842 bits per heavy atom. The second-order valence-electron chi connectivity index (χ2n) is 11.1. The summed E-state index contributed by atoms with van der Waals surface area (Å²) in [4.78, 5) is 4.82. The van der Waals surface area contributed by atoms with Gasteiger partial charge < -0.3 is 0 Å². The zero-order chi connectivity index (χ0) is 27.7. The van der Waals surface area contributed by atoms with E-state index in [4.69, 9.17) is 4.99 Å². The Hall–Kier alpha value is -3.45. The maximum atomic E-state index is 4.82. The van der Waals surface area contributed by atoms with Gasteiger partial charge in [0.15, 0.2) is 0 Å². The Labute approximate surface area is 230 Å². The maximum Gasteiger partial charge on any atom is 0.0630 e. The van der Waals surface area contributed by atoms with Crippen molar-refractivity contribution in [1.29, 1.82) is 0 Å². The fraction of sp³-hybridized carbons (Fsp3) is 0.324. The van der Waals surface area contributed by atoms with Crippen molar-refractivity contribution in [3.8, 4) is 11.1 Å². The lowest BCUT2D eigenvalue weighted by molar-refractivity contribution is 0.925. The molecule has 0 heterocycles. The molecule has 1 nitrogen and oxygen atoms in total. The van der Waals surface area contributed by atoms with E-state index in [1.54, 1.807) is 0 Å². The third kappa shape index (κ3) is 5.25. The minimum Gasteiger partial charge on any atom is -0.256 e. The average molecular weight is 502 g/mol. The first-order chi connectivity index (χ1) is 18.0. The van der Waals surface area contributed by atoms with E-state index in [0.29, 0.717) is 0 Å². The number of nitrogens with zero attached hydrogens (tertiary/aromatic N) is 1. The summed E-state index contributed by atoms with van der Waals surface area (Å²) in [5, 5.41) is 0. The van der Waals surface area contributed by atoms with Crippen LogP contribution in [0.3, 0.4) is 0 Å². The van der Waals surface area contributed by atoms with Crippen LogP contribution in [0.4, 0.5) is 5.69 Å². The second-order valence-corrected chi connectivity index (χ2v) is 11.1. The van der Waals surface area contributed by atoms with E-state index in [2.05, 4.69) is 118 Å². The standard InChI is InChI=1S/C37H43N/c1-22-24(3)28(7)36(29(8)25(22)4)20-13-32-11-14-33(15-12-32)34-16-18-35(19-17-34)38-21-37-30(9)26(5)23(2)27(6)31(37)10/h11-12,14-19,21H,13,20H2,1-10H3. The molecule has 0 aromatic heterocycles. The summed E-state index contributed by atoms with van der Waals surface area (Å²) in [6.07, 6.45) is 4.19. The topological polar surface area (TPSA) is 12.4 Å². The molecule has 0 aliphatic heterocycles. The Balaban J connectivity index is 1.47. The monoisotopic (exact) mass is 501 g/mol. The van der Waals surface area contributed by atoms with Crippen molar-refractivity contribution < 1.29 is 0 Å². The van der Waals surface area contributed by atoms with E-state index in [-0.39, 0.29) is 0 Å². The molecule has 4 rings (SSSR count). The Morgan fingerprint density at radius 1 is 0.447 bits per heavy atom. The van der Waals surface area contributed by atoms with Gasteiger partial charge in [-0.05, 0) is 178 Å². The van der Waals surface area contributed by atoms with Crippen LogP contribution in [-0.4, -0.2) is 6.21 Å². The molecular formula is C37H43N. The average Bonchev–Trinajstić information content (AvgIpc) is 2.93. The smallest absolute Gasteiger partial charge is 0.0630 e. The van der Waals surface area contributed by atoms with E-state index in [9.17, 15) is 0 Å². The van der Waals surface area contributed by atoms with Crippen LogP contribution in [0.5, 0.6) is 0 Å². The Bertz CT molecular complexity index is 1460. The van der Waals surface area contributed by atoms with E-state index in [1.807, 2.05) is 6.21 Å². The molecule has 4 aromatic carbocycles. The van der Waals surface area contributed by atoms with E-state index in [1.165, 1.54) is 83.5 Å². The van der Waals surface area contributed by atoms with Crippen LogP contribution < -0.4 is 0 Å². The highest BCUT2D eigenvalue weighted by Crippen LogP contribution is 2.29. The predicted molar refractivity (Wildman–Crippen MR) is 167 cm³/mol. The molecule has 1 heteroatoms. The fourth-order valence-corrected chi connectivity index (χ4v) is 5.69. The summed E-state index contributed by atoms with van der Waals surface area (Å²) in [6.45, 7) is 22.4. The van der Waals surface area contributed by atoms with Crippen molar-refractivity contribution in [2.45, 2.75) is 82.1 Å². The van der Waals surface area contributed by atoms with E-state index < -0.39 is 0 Å². The molecule has 0 saturated carbocycles. The van der Waals surface area contributed by atoms with E-state index in [0.717, 1.165) is 18.5 Å². The van der Waals surface area contributed by atoms with Crippen molar-refractivity contribution in [2.24, 2.45) is 4.99 Å². The van der Waals surface area contributed by atoms with Crippen LogP contribution in [-0.2, 0) is 12.8 Å². The summed E-state index contributed by atoms with van der Waals surface area (Å²) in [7, 11) is 0. The number of aryl methyl sites for hydroxylation is 1. The lowest BCUT2D eigenvalue weighted by Gasteiger charge is -2.18. The predicted octanol–water partition coefficient (Wildman–Crippen LogP) is 9.97. The van der Waals surface area contributed by atoms with Gasteiger partial charge in [-0.2, -0.15) is 0 Å². The van der Waals surface area contributed by atoms with Gasteiger partial charge in [0.2, 0.25) is 0 Å². The summed E-state index contributed by atoms with van der Waals surface area (Å²) in [6, 6.07) is 17.7. The molecule has 0 spiro atoms. The quantitative estimate of drug-likeness (QED) is 0.233. The van der Waals surface area contributed by atoms with Gasteiger partial charge >= 0.3 is 0 Å². The molecular weight excluding hydrogens is 458 g/mol. The number of hydrogen-bond donors (Lipinski definition) is 0. The highest BCUT2D eigenvalue weighted by atomic mass is 14.7. The van der Waals surface area contributed by atoms with Gasteiger partial charge in [-0.1, -0.05) is 36.4 Å². The molecule has 0 amide bonds. The zero-order valence-corrected chi connectivity index (χ0v) is 25.1. The number of benzene rings is 4. The molecule has 0 aliphatic carbocycles. The molecule has 0 saturated heterocycles. The molecule has 0 atom stereocenters. The van der Waals surface area contributed by atoms with E-state index >= 15 is 0 Å². The Morgan fingerprint density at radius 3 is 1.32 bits per heavy atom. The third-order valence-electron chi connectivity index (χ3n) is 9.37. The van der Waals surface area contributed by atoms with Gasteiger partial charge in [0.1, 0.15) is 0 Å². The first kappa shape index (κ1) is 27.6. The summed E-state index contributed by atoms with van der Waals surface area (Å²) < 4.78 is 0. The summed E-state index contributed by atoms with van der Waals surface area (Å²) in [5.41, 5.74) is 21.6. The van der Waals surface area contributed by atoms with Gasteiger partial charge in [0.05, 0.1) is 5.69 Å². The lowest BCUT2D eigenvalue weighted by Crippen LogP contribution is -2.04. The maximum absolute atomic E-state index is 4.82. The SMILES string of the molecule is Cc1c(C)c(C)c(C=Nc2ccc(-c3ccc(CCc4c(C)c(C)c(C)c(C)c4C)cc3)cc2)c(C)c1C. The fourth-order valence-electron chi connectivity index (χ4n) is 5.69. The van der Waals surface area contributed by atoms with Crippen molar-refractivity contribution in [3.63, 3.8) is 0 Å². The van der Waals surface area contributed by atoms with Crippen molar-refractivity contribution in [3.05, 3.63) is 121 Å². The molecule has 38 heavy (non-hydrogen) atoms. The van der Waals surface area contributed by atoms with Gasteiger partial charge in [-0.25, -0.2) is 0 Å². The van der Waals surface area contributed by atoms with Crippen LogP contribution in [0.15, 0.2) is 53.5 Å². The minimum atomic E-state index is 0.981. The molecule has 0 aliphatic rings. The minimum absolute atomic E-state index is 0.981. The molecule has 0 bridgehead atoms. The van der Waals surface area contributed by atoms with Gasteiger partial charge in [-0.3, -0.25) is 4.99 Å². The summed E-state index contributed by atoms with van der Waals surface area (Å²) in [5.74, 6) is 0. The van der Waals surface area contributed by atoms with Gasteiger partial charge in [0, 0.05) is 6.21 Å². The largest absolute Gasteiger partial charge is 0.256 e. The first-order valence-corrected chi connectivity index (χ1v) is 13.9. The highest BCUT2D eigenvalue weighted by Gasteiger charge is 2.13. The number of hydrogen-bond acceptors (Lipinski definition) is 1. The lowest BCUT2D eigenvalue weighted by atomic mass is 9.87. The van der Waals surface area contributed by atoms with Gasteiger partial charge in [0.25, 0.3) is 0 Å². The Kier molecular flexibility index (Phi) is 8.07. The van der Waals surface area contributed by atoms with Crippen LogP contribution >= 0.6 is 0 Å². The van der Waals surface area contributed by atoms with Crippen LogP contribution in [0.2, 0.25) is 0 Å². The number of aliphatic imine (C=N–C) groups is 1. The third-order valence-corrected chi connectivity index (χ3v) is 9.37. The van der Waals surface area contributed by atoms with Crippen molar-refractivity contribution in [2.75, 3.05) is 0 Å². The first-order valence-electron chi connectivity index (χ1n) is 13.9. The normalized spacial score (nSPS) is 11.5. The molecule has 196 valence electrons. The molecule has 0 unspecified atom stereocenters. The zero-order valence-electron chi connectivity index (χ0n) is 25.1. The van der Waals surface area contributed by atoms with Crippen molar-refractivity contribution in [1.82, 2.24) is 0 Å². The highest BCUT2D eigenvalue weighted by molar-refractivity contribution is 5.87. The van der Waals surface area contributed by atoms with Crippen molar-refractivity contribution >= 4 is 11.9 Å². The van der Waals surface area contributed by atoms with Crippen LogP contribution in [0.1, 0.15) is 72.3 Å².